The number of ether oxygens (including phenoxy) is 2. The molecular formula is C54H75N9O7S2. The highest BCUT2D eigenvalue weighted by Crippen LogP contribution is 2.35. The predicted octanol–water partition coefficient (Wildman–Crippen LogP) is 10.1. The molecule has 4 N–H and O–H groups in total. The largest absolute Gasteiger partial charge is 0.399 e. The van der Waals surface area contributed by atoms with Crippen LogP contribution in [0.2, 0.25) is 0 Å². The molecule has 16 nitrogen and oxygen atoms in total. The van der Waals surface area contributed by atoms with Crippen LogP contribution in [0.25, 0.3) is 22.1 Å². The first-order chi connectivity index (χ1) is 34.0. The van der Waals surface area contributed by atoms with Crippen LogP contribution in [-0.2, 0) is 53.4 Å². The molecule has 2 aliphatic heterocycles. The van der Waals surface area contributed by atoms with Crippen molar-refractivity contribution in [3.05, 3.63) is 96.6 Å². The van der Waals surface area contributed by atoms with Gasteiger partial charge in [0, 0.05) is 80.9 Å². The van der Waals surface area contributed by atoms with E-state index in [1.807, 2.05) is 64.1 Å². The Labute approximate surface area is 426 Å². The van der Waals surface area contributed by atoms with E-state index in [1.54, 1.807) is 36.4 Å². The van der Waals surface area contributed by atoms with Gasteiger partial charge in [-0.2, -0.15) is 0 Å². The summed E-state index contributed by atoms with van der Waals surface area (Å²) in [4.78, 5) is 22.4. The molecule has 6 aromatic rings. The number of hydrogen-bond acceptors (Lipinski definition) is 10. The maximum atomic E-state index is 13.7. The summed E-state index contributed by atoms with van der Waals surface area (Å²) in [7, 11) is -7.55. The number of nitrogens with one attached hydrogen (secondary N) is 2. The van der Waals surface area contributed by atoms with Gasteiger partial charge in [0.2, 0.25) is 0 Å². The van der Waals surface area contributed by atoms with Gasteiger partial charge in [0.1, 0.15) is 11.6 Å². The van der Waals surface area contributed by atoms with E-state index in [0.717, 1.165) is 98.9 Å². The second kappa shape index (κ2) is 22.2. The van der Waals surface area contributed by atoms with Crippen LogP contribution in [-0.4, -0.2) is 87.5 Å². The van der Waals surface area contributed by atoms with E-state index in [2.05, 4.69) is 61.3 Å². The third-order valence-corrected chi connectivity index (χ3v) is 16.9. The van der Waals surface area contributed by atoms with Crippen molar-refractivity contribution >= 4 is 70.9 Å². The first kappa shape index (κ1) is 54.1. The molecule has 2 amide bonds. The third-order valence-electron chi connectivity index (χ3n) is 13.1. The predicted molar refractivity (Wildman–Crippen MR) is 289 cm³/mol. The number of benzene rings is 4. The molecule has 4 heterocycles. The van der Waals surface area contributed by atoms with E-state index in [9.17, 15) is 21.6 Å². The molecular weight excluding hydrogens is 951 g/mol. The standard InChI is InChI=1S/C29H41N5O4S.C25H34N4O3S/c1-7-34(39(36,37)24-11-8-22(9-12-24)31-28(35)30-20(2)3)23-10-13-26-25(18-23)32-27(29(4,5)6)33(26)19-21-14-16-38-17-15-21;1-5-29(33(30,31)21-9-6-19(26)7-10-21)20-8-11-23-22(16-20)27-24(25(2,3)4)28(23)17-18-12-14-32-15-13-18/h8-13,18,20-21H,7,14-17,19H2,1-6H3,(H2,30,31,35);6-11,16,18H,5,12-15,17,26H2,1-4H3. The minimum atomic E-state index is -3.83. The Morgan fingerprint density at radius 1 is 0.653 bits per heavy atom. The van der Waals surface area contributed by atoms with E-state index >= 15 is 0 Å². The fraction of sp³-hybridized carbons (Fsp3) is 0.500. The van der Waals surface area contributed by atoms with Crippen molar-refractivity contribution in [2.75, 3.05) is 59.2 Å². The summed E-state index contributed by atoms with van der Waals surface area (Å²) in [5.41, 5.74) is 11.3. The number of carbonyl (C=O) groups is 1. The van der Waals surface area contributed by atoms with Crippen LogP contribution in [0.15, 0.2) is 94.7 Å². The first-order valence-corrected chi connectivity index (χ1v) is 28.1. The Bertz CT molecular complexity index is 3040. The molecule has 72 heavy (non-hydrogen) atoms. The molecule has 4 aromatic carbocycles. The van der Waals surface area contributed by atoms with E-state index < -0.39 is 20.0 Å². The van der Waals surface area contributed by atoms with Gasteiger partial charge < -0.3 is 35.0 Å². The summed E-state index contributed by atoms with van der Waals surface area (Å²) in [6, 6.07) is 23.7. The van der Waals surface area contributed by atoms with Crippen molar-refractivity contribution in [3.8, 4) is 0 Å². The van der Waals surface area contributed by atoms with E-state index in [0.29, 0.717) is 41.1 Å². The average Bonchev–Trinajstić information content (AvgIpc) is 3.88. The summed E-state index contributed by atoms with van der Waals surface area (Å²) in [6.45, 7) is 25.9. The lowest BCUT2D eigenvalue weighted by atomic mass is 9.94. The van der Waals surface area contributed by atoms with Crippen LogP contribution in [0.1, 0.15) is 107 Å². The number of anilines is 4. The van der Waals surface area contributed by atoms with E-state index in [-0.39, 0.29) is 39.2 Å². The summed E-state index contributed by atoms with van der Waals surface area (Å²) < 4.78 is 72.6. The molecule has 0 bridgehead atoms. The molecule has 2 aliphatic rings. The van der Waals surface area contributed by atoms with Gasteiger partial charge in [0.15, 0.2) is 0 Å². The molecule has 0 atom stereocenters. The smallest absolute Gasteiger partial charge is 0.319 e. The van der Waals surface area contributed by atoms with Crippen molar-refractivity contribution < 1.29 is 31.1 Å². The molecule has 0 unspecified atom stereocenters. The monoisotopic (exact) mass is 1030 g/mol. The highest BCUT2D eigenvalue weighted by molar-refractivity contribution is 7.93. The van der Waals surface area contributed by atoms with Crippen molar-refractivity contribution in [1.29, 1.82) is 0 Å². The number of imidazole rings is 2. The Balaban J connectivity index is 0.000000214. The molecule has 2 fully saturated rings. The number of carbonyl (C=O) groups excluding carboxylic acids is 1. The van der Waals surface area contributed by atoms with Gasteiger partial charge in [-0.25, -0.2) is 31.6 Å². The second-order valence-corrected chi connectivity index (χ2v) is 25.0. The van der Waals surface area contributed by atoms with Gasteiger partial charge in [-0.3, -0.25) is 8.61 Å². The minimum Gasteiger partial charge on any atom is -0.399 e. The number of aromatic nitrogens is 4. The zero-order valence-electron chi connectivity index (χ0n) is 43.7. The number of fused-ring (bicyclic) bond motifs is 2. The van der Waals surface area contributed by atoms with Crippen molar-refractivity contribution in [1.82, 2.24) is 24.4 Å². The Morgan fingerprint density at radius 2 is 1.04 bits per heavy atom. The van der Waals surface area contributed by atoms with Gasteiger partial charge in [-0.1, -0.05) is 41.5 Å². The fourth-order valence-corrected chi connectivity index (χ4v) is 12.4. The molecule has 0 radical (unpaired) electrons. The van der Waals surface area contributed by atoms with Crippen LogP contribution in [0.3, 0.4) is 0 Å². The number of urea groups is 1. The Kier molecular flexibility index (Phi) is 16.7. The van der Waals surface area contributed by atoms with Crippen LogP contribution in [0, 0.1) is 11.8 Å². The summed E-state index contributed by atoms with van der Waals surface area (Å²) in [5, 5.41) is 5.47. The average molecular weight is 1030 g/mol. The van der Waals surface area contributed by atoms with Crippen molar-refractivity contribution in [2.45, 2.75) is 135 Å². The number of sulfonamides is 2. The molecule has 0 aliphatic carbocycles. The van der Waals surface area contributed by atoms with Gasteiger partial charge in [0.25, 0.3) is 20.0 Å². The number of hydrogen-bond donors (Lipinski definition) is 3. The zero-order valence-corrected chi connectivity index (χ0v) is 45.4. The molecule has 390 valence electrons. The number of amides is 2. The quantitative estimate of drug-likeness (QED) is 0.0884. The van der Waals surface area contributed by atoms with Gasteiger partial charge >= 0.3 is 6.03 Å². The molecule has 2 aromatic heterocycles. The summed E-state index contributed by atoms with van der Waals surface area (Å²) in [5.74, 6) is 3.09. The lowest BCUT2D eigenvalue weighted by molar-refractivity contribution is 0.0610. The van der Waals surface area contributed by atoms with Crippen molar-refractivity contribution in [3.63, 3.8) is 0 Å². The van der Waals surface area contributed by atoms with Crippen LogP contribution < -0.4 is 25.0 Å². The fourth-order valence-electron chi connectivity index (χ4n) is 9.45. The topological polar surface area (TPSA) is 196 Å². The molecule has 18 heteroatoms. The normalized spacial score (nSPS) is 15.4. The number of nitrogen functional groups attached to an aromatic ring is 1. The maximum Gasteiger partial charge on any atom is 0.319 e. The summed E-state index contributed by atoms with van der Waals surface area (Å²) in [6.07, 6.45) is 4.15. The van der Waals surface area contributed by atoms with Crippen LogP contribution >= 0.6 is 0 Å². The van der Waals surface area contributed by atoms with Crippen LogP contribution in [0.5, 0.6) is 0 Å². The van der Waals surface area contributed by atoms with Crippen molar-refractivity contribution in [2.24, 2.45) is 11.8 Å². The van der Waals surface area contributed by atoms with Gasteiger partial charge in [-0.15, -0.1) is 0 Å². The summed E-state index contributed by atoms with van der Waals surface area (Å²) >= 11 is 0. The third kappa shape index (κ3) is 12.4. The molecule has 0 spiro atoms. The van der Waals surface area contributed by atoms with E-state index in [1.165, 1.54) is 20.7 Å². The maximum absolute atomic E-state index is 13.7. The number of nitrogens with zero attached hydrogens (tertiary/aromatic N) is 6. The Hall–Kier alpha value is -5.69. The minimum absolute atomic E-state index is 0.00663. The first-order valence-electron chi connectivity index (χ1n) is 25.3. The van der Waals surface area contributed by atoms with Gasteiger partial charge in [0.05, 0.1) is 43.2 Å². The lowest BCUT2D eigenvalue weighted by Crippen LogP contribution is -2.34. The van der Waals surface area contributed by atoms with E-state index in [4.69, 9.17) is 25.2 Å². The highest BCUT2D eigenvalue weighted by atomic mass is 32.2. The molecule has 0 saturated carbocycles. The SMILES string of the molecule is CCN(c1ccc2c(c1)nc(C(C)(C)C)n2CC1CCOCC1)S(=O)(=O)c1ccc(N)cc1.CCN(c1ccc2c(c1)nc(C(C)(C)C)n2CC1CCOCC1)S(=O)(=O)c1ccc(NC(=O)NC(C)C)cc1. The van der Waals surface area contributed by atoms with Crippen LogP contribution in [0.4, 0.5) is 27.5 Å². The Morgan fingerprint density at radius 3 is 1.40 bits per heavy atom. The molecule has 2 saturated heterocycles. The number of nitrogens with two attached hydrogens (primary N) is 1. The highest BCUT2D eigenvalue weighted by Gasteiger charge is 2.30. The second-order valence-electron chi connectivity index (χ2n) is 21.2. The van der Waals surface area contributed by atoms with Gasteiger partial charge in [-0.05, 0) is 150 Å². The lowest BCUT2D eigenvalue weighted by Gasteiger charge is -2.26. The number of rotatable bonds is 14. The zero-order chi connectivity index (χ0) is 52.2. The molecule has 8 rings (SSSR count).